The first kappa shape index (κ1) is 21.0. The number of hydrogen-bond acceptors (Lipinski definition) is 5. The van der Waals surface area contributed by atoms with Gasteiger partial charge in [0.2, 0.25) is 0 Å². The number of anilines is 2. The van der Waals surface area contributed by atoms with Crippen molar-refractivity contribution in [2.24, 2.45) is 0 Å². The van der Waals surface area contributed by atoms with Crippen molar-refractivity contribution in [3.05, 3.63) is 76.8 Å². The summed E-state index contributed by atoms with van der Waals surface area (Å²) in [5.41, 5.74) is 1.68. The zero-order chi connectivity index (χ0) is 22.0. The molecule has 7 nitrogen and oxygen atoms in total. The fourth-order valence-corrected chi connectivity index (χ4v) is 4.45. The van der Waals surface area contributed by atoms with Gasteiger partial charge in [0, 0.05) is 6.07 Å². The fraction of sp³-hybridized carbons (Fsp3) is 0.136. The number of nitrogens with one attached hydrogen (secondary N) is 2. The molecule has 0 atom stereocenters. The molecule has 0 spiro atoms. The molecule has 0 fully saturated rings. The van der Waals surface area contributed by atoms with Crippen LogP contribution >= 0.6 is 11.6 Å². The van der Waals surface area contributed by atoms with E-state index < -0.39 is 15.9 Å². The predicted molar refractivity (Wildman–Crippen MR) is 119 cm³/mol. The van der Waals surface area contributed by atoms with E-state index in [1.54, 1.807) is 30.3 Å². The lowest BCUT2D eigenvalue weighted by atomic mass is 10.1. The number of benzene rings is 3. The molecular weight excluding hydrogens is 440 g/mol. The van der Waals surface area contributed by atoms with E-state index in [1.165, 1.54) is 24.3 Å². The summed E-state index contributed by atoms with van der Waals surface area (Å²) < 4.78 is 39.3. The van der Waals surface area contributed by atoms with Gasteiger partial charge in [0.15, 0.2) is 11.5 Å². The van der Waals surface area contributed by atoms with E-state index in [1.807, 2.05) is 13.0 Å². The smallest absolute Gasteiger partial charge is 0.262 e. The summed E-state index contributed by atoms with van der Waals surface area (Å²) in [6.45, 7) is 2.64. The number of carbonyl (C=O) groups is 1. The number of sulfonamides is 1. The SMILES string of the molecule is Cc1ccc(NC(=O)c2ccccc2NS(=O)(=O)c2ccc3c(c2)OCCO3)c(Cl)c1. The highest BCUT2D eigenvalue weighted by Crippen LogP contribution is 2.33. The molecule has 0 saturated carbocycles. The fourth-order valence-electron chi connectivity index (χ4n) is 3.08. The Morgan fingerprint density at radius 3 is 2.45 bits per heavy atom. The van der Waals surface area contributed by atoms with Gasteiger partial charge in [0.25, 0.3) is 15.9 Å². The summed E-state index contributed by atoms with van der Waals surface area (Å²) in [6, 6.07) is 15.9. The van der Waals surface area contributed by atoms with Crippen molar-refractivity contribution in [3.8, 4) is 11.5 Å². The molecule has 0 radical (unpaired) electrons. The first-order valence-corrected chi connectivity index (χ1v) is 11.3. The van der Waals surface area contributed by atoms with Crippen molar-refractivity contribution in [1.82, 2.24) is 0 Å². The minimum atomic E-state index is -3.98. The third-order valence-corrected chi connectivity index (χ3v) is 6.29. The summed E-state index contributed by atoms with van der Waals surface area (Å²) >= 11 is 6.20. The molecule has 1 aliphatic rings. The van der Waals surface area contributed by atoms with Crippen LogP contribution in [0.15, 0.2) is 65.6 Å². The number of rotatable bonds is 5. The van der Waals surface area contributed by atoms with Crippen molar-refractivity contribution in [2.75, 3.05) is 23.3 Å². The number of amides is 1. The number of ether oxygens (including phenoxy) is 2. The van der Waals surface area contributed by atoms with Crippen LogP contribution in [0.2, 0.25) is 5.02 Å². The average Bonchev–Trinajstić information content (AvgIpc) is 2.75. The lowest BCUT2D eigenvalue weighted by Gasteiger charge is -2.19. The maximum absolute atomic E-state index is 13.0. The van der Waals surface area contributed by atoms with Crippen LogP contribution < -0.4 is 19.5 Å². The number of aryl methyl sites for hydroxylation is 1. The monoisotopic (exact) mass is 458 g/mol. The third-order valence-electron chi connectivity index (χ3n) is 4.61. The molecular formula is C22H19ClN2O5S. The highest BCUT2D eigenvalue weighted by Gasteiger charge is 2.22. The van der Waals surface area contributed by atoms with Crippen LogP contribution in [0.4, 0.5) is 11.4 Å². The van der Waals surface area contributed by atoms with Crippen LogP contribution in [0.5, 0.6) is 11.5 Å². The lowest BCUT2D eigenvalue weighted by Crippen LogP contribution is -2.19. The average molecular weight is 459 g/mol. The van der Waals surface area contributed by atoms with E-state index in [9.17, 15) is 13.2 Å². The van der Waals surface area contributed by atoms with Gasteiger partial charge >= 0.3 is 0 Å². The van der Waals surface area contributed by atoms with Crippen LogP contribution in [0.1, 0.15) is 15.9 Å². The first-order valence-electron chi connectivity index (χ1n) is 9.42. The van der Waals surface area contributed by atoms with E-state index in [0.29, 0.717) is 35.4 Å². The Balaban J connectivity index is 1.60. The van der Waals surface area contributed by atoms with Crippen LogP contribution in [0, 0.1) is 6.92 Å². The van der Waals surface area contributed by atoms with Crippen molar-refractivity contribution in [1.29, 1.82) is 0 Å². The number of hydrogen-bond donors (Lipinski definition) is 2. The van der Waals surface area contributed by atoms with E-state index in [0.717, 1.165) is 5.56 Å². The normalized spacial score (nSPS) is 12.8. The van der Waals surface area contributed by atoms with E-state index in [2.05, 4.69) is 10.0 Å². The van der Waals surface area contributed by atoms with Gasteiger partial charge in [-0.2, -0.15) is 0 Å². The molecule has 9 heteroatoms. The molecule has 1 amide bonds. The minimum Gasteiger partial charge on any atom is -0.486 e. The molecule has 160 valence electrons. The van der Waals surface area contributed by atoms with E-state index >= 15 is 0 Å². The van der Waals surface area contributed by atoms with Gasteiger partial charge in [-0.05, 0) is 48.9 Å². The highest BCUT2D eigenvalue weighted by atomic mass is 35.5. The van der Waals surface area contributed by atoms with Gasteiger partial charge in [-0.1, -0.05) is 29.8 Å². The quantitative estimate of drug-likeness (QED) is 0.588. The molecule has 3 aromatic rings. The molecule has 0 unspecified atom stereocenters. The Morgan fingerprint density at radius 1 is 0.935 bits per heavy atom. The molecule has 3 aromatic carbocycles. The predicted octanol–water partition coefficient (Wildman–Crippen LogP) is 4.47. The molecule has 31 heavy (non-hydrogen) atoms. The number of fused-ring (bicyclic) bond motifs is 1. The number of para-hydroxylation sites is 1. The Labute approximate surface area is 185 Å². The first-order chi connectivity index (χ1) is 14.8. The Hall–Kier alpha value is -3.23. The van der Waals surface area contributed by atoms with Crippen LogP contribution in [0.3, 0.4) is 0 Å². The minimum absolute atomic E-state index is 0.00598. The summed E-state index contributed by atoms with van der Waals surface area (Å²) in [6.07, 6.45) is 0. The summed E-state index contributed by atoms with van der Waals surface area (Å²) in [5, 5.41) is 3.11. The second kappa shape index (κ2) is 8.49. The van der Waals surface area contributed by atoms with Gasteiger partial charge in [-0.15, -0.1) is 0 Å². The molecule has 2 N–H and O–H groups in total. The summed E-state index contributed by atoms with van der Waals surface area (Å²) in [5.74, 6) is 0.348. The van der Waals surface area contributed by atoms with Gasteiger partial charge in [0.1, 0.15) is 13.2 Å². The van der Waals surface area contributed by atoms with Crippen LogP contribution in [-0.2, 0) is 10.0 Å². The van der Waals surface area contributed by atoms with Crippen molar-refractivity contribution in [2.45, 2.75) is 11.8 Å². The van der Waals surface area contributed by atoms with Crippen molar-refractivity contribution < 1.29 is 22.7 Å². The highest BCUT2D eigenvalue weighted by molar-refractivity contribution is 7.92. The molecule has 0 saturated heterocycles. The van der Waals surface area contributed by atoms with Crippen LogP contribution in [0.25, 0.3) is 0 Å². The van der Waals surface area contributed by atoms with Gasteiger partial charge < -0.3 is 14.8 Å². The Morgan fingerprint density at radius 2 is 1.68 bits per heavy atom. The van der Waals surface area contributed by atoms with Crippen molar-refractivity contribution >= 4 is 38.9 Å². The van der Waals surface area contributed by atoms with E-state index in [4.69, 9.17) is 21.1 Å². The topological polar surface area (TPSA) is 93.7 Å². The third kappa shape index (κ3) is 4.60. The number of carbonyl (C=O) groups excluding carboxylic acids is 1. The summed E-state index contributed by atoms with van der Waals surface area (Å²) in [4.78, 5) is 12.8. The molecule has 0 aromatic heterocycles. The van der Waals surface area contributed by atoms with Gasteiger partial charge in [-0.25, -0.2) is 8.42 Å². The molecule has 1 heterocycles. The van der Waals surface area contributed by atoms with Gasteiger partial charge in [0.05, 0.1) is 26.9 Å². The van der Waals surface area contributed by atoms with Crippen molar-refractivity contribution in [3.63, 3.8) is 0 Å². The van der Waals surface area contributed by atoms with Gasteiger partial charge in [-0.3, -0.25) is 9.52 Å². The Kier molecular flexibility index (Phi) is 5.75. The second-order valence-electron chi connectivity index (χ2n) is 6.89. The zero-order valence-corrected chi connectivity index (χ0v) is 18.1. The van der Waals surface area contributed by atoms with Crippen LogP contribution in [-0.4, -0.2) is 27.5 Å². The standard InChI is InChI=1S/C22H19ClN2O5S/c1-14-6-8-19(17(23)12-14)24-22(26)16-4-2-3-5-18(16)25-31(27,28)15-7-9-20-21(13-15)30-11-10-29-20/h2-9,12-13,25H,10-11H2,1H3,(H,24,26). The number of halogens is 1. The summed E-state index contributed by atoms with van der Waals surface area (Å²) in [7, 11) is -3.98. The zero-order valence-electron chi connectivity index (χ0n) is 16.5. The largest absolute Gasteiger partial charge is 0.486 e. The molecule has 0 aliphatic carbocycles. The molecule has 0 bridgehead atoms. The Bertz CT molecular complexity index is 1260. The maximum Gasteiger partial charge on any atom is 0.262 e. The maximum atomic E-state index is 13.0. The molecule has 1 aliphatic heterocycles. The van der Waals surface area contributed by atoms with E-state index in [-0.39, 0.29) is 16.1 Å². The lowest BCUT2D eigenvalue weighted by molar-refractivity contribution is 0.102. The second-order valence-corrected chi connectivity index (χ2v) is 8.98. The molecule has 4 rings (SSSR count).